The summed E-state index contributed by atoms with van der Waals surface area (Å²) in [6, 6.07) is 2.66. The Kier molecular flexibility index (Phi) is 4.52. The Labute approximate surface area is 133 Å². The van der Waals surface area contributed by atoms with Crippen LogP contribution in [0.15, 0.2) is 12.4 Å². The molecule has 122 valence electrons. The summed E-state index contributed by atoms with van der Waals surface area (Å²) in [7, 11) is 1.66. The molecule has 2 aliphatic heterocycles. The number of hydrogen-bond donors (Lipinski definition) is 0. The molecule has 0 unspecified atom stereocenters. The number of piperidine rings is 1. The molecule has 0 bridgehead atoms. The van der Waals surface area contributed by atoms with E-state index in [4.69, 9.17) is 4.74 Å². The van der Waals surface area contributed by atoms with E-state index in [0.717, 1.165) is 18.9 Å². The molecule has 1 aromatic rings. The molecule has 0 aromatic carbocycles. The van der Waals surface area contributed by atoms with Crippen LogP contribution in [-0.2, 0) is 0 Å². The van der Waals surface area contributed by atoms with Crippen LogP contribution in [0.4, 0.5) is 5.82 Å². The van der Waals surface area contributed by atoms with Crippen LogP contribution in [0.1, 0.15) is 39.5 Å². The monoisotopic (exact) mass is 304 g/mol. The smallest absolute Gasteiger partial charge is 0.218 e. The lowest BCUT2D eigenvalue weighted by Gasteiger charge is -2.41. The average molecular weight is 304 g/mol. The molecule has 0 amide bonds. The summed E-state index contributed by atoms with van der Waals surface area (Å²) >= 11 is 0. The SMILES string of the molecule is CC[C@H](C)N1CC[C@]2(CCCN(c3cc(OC)ncn3)C2)C1. The molecule has 1 spiro atoms. The summed E-state index contributed by atoms with van der Waals surface area (Å²) in [5.74, 6) is 1.66. The van der Waals surface area contributed by atoms with Gasteiger partial charge in [0.25, 0.3) is 0 Å². The third kappa shape index (κ3) is 3.05. The number of likely N-dealkylation sites (tertiary alicyclic amines) is 1. The van der Waals surface area contributed by atoms with Gasteiger partial charge >= 0.3 is 0 Å². The summed E-state index contributed by atoms with van der Waals surface area (Å²) in [5.41, 5.74) is 0.444. The van der Waals surface area contributed by atoms with E-state index in [1.165, 1.54) is 38.8 Å². The maximum atomic E-state index is 5.24. The largest absolute Gasteiger partial charge is 0.481 e. The molecule has 3 rings (SSSR count). The van der Waals surface area contributed by atoms with Crippen molar-refractivity contribution in [2.24, 2.45) is 5.41 Å². The zero-order valence-electron chi connectivity index (χ0n) is 14.1. The van der Waals surface area contributed by atoms with Crippen LogP contribution < -0.4 is 9.64 Å². The molecule has 0 saturated carbocycles. The first-order valence-electron chi connectivity index (χ1n) is 8.51. The predicted octanol–water partition coefficient (Wildman–Crippen LogP) is 2.58. The van der Waals surface area contributed by atoms with Crippen LogP contribution in [0, 0.1) is 5.41 Å². The quantitative estimate of drug-likeness (QED) is 0.855. The second-order valence-electron chi connectivity index (χ2n) is 6.92. The lowest BCUT2D eigenvalue weighted by atomic mass is 9.79. The number of aromatic nitrogens is 2. The molecular weight excluding hydrogens is 276 g/mol. The number of hydrogen-bond acceptors (Lipinski definition) is 5. The fourth-order valence-electron chi connectivity index (χ4n) is 3.96. The third-order valence-electron chi connectivity index (χ3n) is 5.50. The van der Waals surface area contributed by atoms with E-state index in [0.29, 0.717) is 17.3 Å². The topological polar surface area (TPSA) is 41.5 Å². The first kappa shape index (κ1) is 15.5. The van der Waals surface area contributed by atoms with Crippen LogP contribution in [0.25, 0.3) is 0 Å². The number of nitrogens with zero attached hydrogens (tertiary/aromatic N) is 4. The third-order valence-corrected chi connectivity index (χ3v) is 5.50. The second-order valence-corrected chi connectivity index (χ2v) is 6.92. The van der Waals surface area contributed by atoms with Crippen LogP contribution >= 0.6 is 0 Å². The molecule has 0 aliphatic carbocycles. The van der Waals surface area contributed by atoms with Crippen LogP contribution in [-0.4, -0.2) is 54.2 Å². The zero-order valence-corrected chi connectivity index (χ0v) is 14.1. The maximum Gasteiger partial charge on any atom is 0.218 e. The Hall–Kier alpha value is -1.36. The van der Waals surface area contributed by atoms with Gasteiger partial charge in [0.15, 0.2) is 0 Å². The molecule has 22 heavy (non-hydrogen) atoms. The van der Waals surface area contributed by atoms with Crippen molar-refractivity contribution in [3.05, 3.63) is 12.4 Å². The Balaban J connectivity index is 1.72. The van der Waals surface area contributed by atoms with Gasteiger partial charge in [-0.3, -0.25) is 0 Å². The highest BCUT2D eigenvalue weighted by Crippen LogP contribution is 2.40. The van der Waals surface area contributed by atoms with Gasteiger partial charge in [0.05, 0.1) is 7.11 Å². The summed E-state index contributed by atoms with van der Waals surface area (Å²) in [6.45, 7) is 9.33. The highest BCUT2D eigenvalue weighted by atomic mass is 16.5. The fourth-order valence-corrected chi connectivity index (χ4v) is 3.96. The van der Waals surface area contributed by atoms with Gasteiger partial charge < -0.3 is 14.5 Å². The Bertz CT molecular complexity index is 509. The molecule has 0 radical (unpaired) electrons. The Morgan fingerprint density at radius 1 is 1.27 bits per heavy atom. The van der Waals surface area contributed by atoms with Crippen molar-refractivity contribution >= 4 is 5.82 Å². The summed E-state index contributed by atoms with van der Waals surface area (Å²) in [6.07, 6.45) is 6.76. The molecule has 2 saturated heterocycles. The van der Waals surface area contributed by atoms with E-state index in [1.807, 2.05) is 6.07 Å². The molecule has 3 heterocycles. The van der Waals surface area contributed by atoms with E-state index in [1.54, 1.807) is 13.4 Å². The maximum absolute atomic E-state index is 5.24. The van der Waals surface area contributed by atoms with Gasteiger partial charge in [0.1, 0.15) is 12.1 Å². The molecule has 0 N–H and O–H groups in total. The highest BCUT2D eigenvalue weighted by molar-refractivity contribution is 5.41. The normalized spacial score (nSPS) is 27.3. The van der Waals surface area contributed by atoms with Crippen molar-refractivity contribution in [3.63, 3.8) is 0 Å². The Morgan fingerprint density at radius 3 is 2.91 bits per heavy atom. The van der Waals surface area contributed by atoms with E-state index in [2.05, 4.69) is 33.6 Å². The van der Waals surface area contributed by atoms with E-state index in [9.17, 15) is 0 Å². The average Bonchev–Trinajstić information content (AvgIpc) is 2.97. The molecule has 5 heteroatoms. The molecular formula is C17H28N4O. The lowest BCUT2D eigenvalue weighted by Crippen LogP contribution is -2.46. The fraction of sp³-hybridized carbons (Fsp3) is 0.765. The van der Waals surface area contributed by atoms with Crippen LogP contribution in [0.2, 0.25) is 0 Å². The van der Waals surface area contributed by atoms with Crippen molar-refractivity contribution in [1.29, 1.82) is 0 Å². The summed E-state index contributed by atoms with van der Waals surface area (Å²) in [4.78, 5) is 13.7. The molecule has 2 atom stereocenters. The van der Waals surface area contributed by atoms with Crippen LogP contribution in [0.3, 0.4) is 0 Å². The van der Waals surface area contributed by atoms with E-state index in [-0.39, 0.29) is 0 Å². The highest BCUT2D eigenvalue weighted by Gasteiger charge is 2.42. The van der Waals surface area contributed by atoms with Gasteiger partial charge in [-0.05, 0) is 39.2 Å². The first-order valence-corrected chi connectivity index (χ1v) is 8.51. The van der Waals surface area contributed by atoms with Crippen molar-refractivity contribution in [2.75, 3.05) is 38.2 Å². The van der Waals surface area contributed by atoms with Crippen molar-refractivity contribution in [1.82, 2.24) is 14.9 Å². The predicted molar refractivity (Wildman–Crippen MR) is 88.4 cm³/mol. The van der Waals surface area contributed by atoms with Crippen LogP contribution in [0.5, 0.6) is 5.88 Å². The first-order chi connectivity index (χ1) is 10.7. The van der Waals surface area contributed by atoms with Gasteiger partial charge in [0, 0.05) is 37.2 Å². The van der Waals surface area contributed by atoms with Crippen molar-refractivity contribution in [2.45, 2.75) is 45.6 Å². The molecule has 5 nitrogen and oxygen atoms in total. The standard InChI is InChI=1S/C17H28N4O/c1-4-14(2)20-9-7-17(11-20)6-5-8-21(12-17)15-10-16(22-3)19-13-18-15/h10,13-14H,4-9,11-12H2,1-3H3/t14-,17+/m0/s1. The van der Waals surface area contributed by atoms with Gasteiger partial charge in [-0.2, -0.15) is 0 Å². The minimum Gasteiger partial charge on any atom is -0.481 e. The molecule has 1 aromatic heterocycles. The summed E-state index contributed by atoms with van der Waals surface area (Å²) < 4.78 is 5.24. The summed E-state index contributed by atoms with van der Waals surface area (Å²) in [5, 5.41) is 0. The number of ether oxygens (including phenoxy) is 1. The minimum absolute atomic E-state index is 0.444. The second kappa shape index (κ2) is 6.41. The van der Waals surface area contributed by atoms with Gasteiger partial charge in [-0.15, -0.1) is 0 Å². The van der Waals surface area contributed by atoms with E-state index >= 15 is 0 Å². The van der Waals surface area contributed by atoms with Gasteiger partial charge in [-0.25, -0.2) is 9.97 Å². The number of anilines is 1. The molecule has 2 fully saturated rings. The number of methoxy groups -OCH3 is 1. The van der Waals surface area contributed by atoms with Gasteiger partial charge in [0.2, 0.25) is 5.88 Å². The Morgan fingerprint density at radius 2 is 2.14 bits per heavy atom. The zero-order chi connectivity index (χ0) is 15.6. The van der Waals surface area contributed by atoms with Gasteiger partial charge in [-0.1, -0.05) is 6.92 Å². The van der Waals surface area contributed by atoms with Crippen molar-refractivity contribution in [3.8, 4) is 5.88 Å². The van der Waals surface area contributed by atoms with E-state index < -0.39 is 0 Å². The lowest BCUT2D eigenvalue weighted by molar-refractivity contribution is 0.188. The van der Waals surface area contributed by atoms with Crippen molar-refractivity contribution < 1.29 is 4.74 Å². The molecule has 2 aliphatic rings. The minimum atomic E-state index is 0.444. The number of rotatable bonds is 4.